The molecule has 1 heterocycles. The first-order valence-corrected chi connectivity index (χ1v) is 4.69. The molecule has 0 aliphatic carbocycles. The minimum absolute atomic E-state index is 0.855. The maximum atomic E-state index is 4.37. The highest BCUT2D eigenvalue weighted by atomic mass is 15.7. The zero-order valence-electron chi connectivity index (χ0n) is 8.38. The third kappa shape index (κ3) is 1.51. The lowest BCUT2D eigenvalue weighted by molar-refractivity contribution is -0.800. The van der Waals surface area contributed by atoms with E-state index in [1.54, 1.807) is 9.59 Å². The van der Waals surface area contributed by atoms with Gasteiger partial charge in [-0.05, 0) is 17.2 Å². The van der Waals surface area contributed by atoms with Crippen LogP contribution in [0.2, 0.25) is 0 Å². The summed E-state index contributed by atoms with van der Waals surface area (Å²) in [6, 6.07) is 9.98. The van der Waals surface area contributed by atoms with E-state index in [4.69, 9.17) is 0 Å². The number of nitrogens with zero attached hydrogens (tertiary/aromatic N) is 4. The number of aryl methyl sites for hydroxylation is 2. The van der Waals surface area contributed by atoms with Gasteiger partial charge in [0, 0.05) is 11.2 Å². The lowest BCUT2D eigenvalue weighted by atomic mass is 10.3. The molecule has 4 nitrogen and oxygen atoms in total. The number of benzene rings is 1. The second-order valence-corrected chi connectivity index (χ2v) is 3.08. The Labute approximate surface area is 82.8 Å². The maximum absolute atomic E-state index is 4.37. The average Bonchev–Trinajstić information content (AvgIpc) is 2.61. The predicted molar refractivity (Wildman–Crippen MR) is 51.9 cm³/mol. The number of tetrazole rings is 1. The van der Waals surface area contributed by atoms with Gasteiger partial charge in [-0.3, -0.25) is 0 Å². The summed E-state index contributed by atoms with van der Waals surface area (Å²) in [6.45, 7) is 2.05. The van der Waals surface area contributed by atoms with Gasteiger partial charge in [-0.2, -0.15) is 0 Å². The molecule has 0 unspecified atom stereocenters. The molecule has 0 bridgehead atoms. The summed E-state index contributed by atoms with van der Waals surface area (Å²) in [6.07, 6.45) is 0.855. The number of aromatic nitrogens is 4. The summed E-state index contributed by atoms with van der Waals surface area (Å²) in [5, 5.41) is 8.64. The monoisotopic (exact) mass is 189 g/mol. The summed E-state index contributed by atoms with van der Waals surface area (Å²) in [5.41, 5.74) is 1.03. The summed E-state index contributed by atoms with van der Waals surface area (Å²) >= 11 is 0. The van der Waals surface area contributed by atoms with Crippen LogP contribution in [0.3, 0.4) is 0 Å². The van der Waals surface area contributed by atoms with E-state index in [0.717, 1.165) is 17.9 Å². The van der Waals surface area contributed by atoms with Crippen molar-refractivity contribution in [1.29, 1.82) is 0 Å². The molecule has 0 aliphatic rings. The molecule has 1 aromatic carbocycles. The largest absolute Gasteiger partial charge is 0.308 e. The fourth-order valence-electron chi connectivity index (χ4n) is 1.33. The van der Waals surface area contributed by atoms with Crippen LogP contribution in [-0.2, 0) is 13.5 Å². The van der Waals surface area contributed by atoms with Crippen molar-refractivity contribution >= 4 is 0 Å². The van der Waals surface area contributed by atoms with E-state index in [2.05, 4.69) is 10.2 Å². The molecule has 0 aliphatic heterocycles. The second-order valence-electron chi connectivity index (χ2n) is 3.08. The lowest BCUT2D eigenvalue weighted by Gasteiger charge is -1.93. The number of hydrogen-bond donors (Lipinski definition) is 0. The summed E-state index contributed by atoms with van der Waals surface area (Å²) in [5.74, 6) is 0.858. The lowest BCUT2D eigenvalue weighted by Crippen LogP contribution is -2.41. The maximum Gasteiger partial charge on any atom is 0.308 e. The molecule has 0 spiro atoms. The van der Waals surface area contributed by atoms with Crippen LogP contribution in [-0.4, -0.2) is 15.0 Å². The van der Waals surface area contributed by atoms with E-state index in [-0.39, 0.29) is 0 Å². The van der Waals surface area contributed by atoms with Gasteiger partial charge < -0.3 is 0 Å². The first-order valence-electron chi connectivity index (χ1n) is 4.69. The van der Waals surface area contributed by atoms with Crippen LogP contribution >= 0.6 is 0 Å². The molecule has 0 amide bonds. The van der Waals surface area contributed by atoms with Gasteiger partial charge in [0.05, 0.1) is 5.10 Å². The molecule has 2 rings (SSSR count). The molecule has 0 fully saturated rings. The van der Waals surface area contributed by atoms with Crippen LogP contribution in [0.5, 0.6) is 0 Å². The normalized spacial score (nSPS) is 10.4. The molecule has 0 saturated carbocycles. The van der Waals surface area contributed by atoms with Gasteiger partial charge in [0.15, 0.2) is 0 Å². The molecular weight excluding hydrogens is 176 g/mol. The van der Waals surface area contributed by atoms with Crippen molar-refractivity contribution in [3.63, 3.8) is 0 Å². The Bertz CT molecular complexity index is 419. The fourth-order valence-corrected chi connectivity index (χ4v) is 1.33. The first-order chi connectivity index (χ1) is 6.81. The predicted octanol–water partition coefficient (Wildman–Crippen LogP) is 0.654. The summed E-state index contributed by atoms with van der Waals surface area (Å²) in [7, 11) is 1.89. The van der Waals surface area contributed by atoms with E-state index < -0.39 is 0 Å². The smallest absolute Gasteiger partial charge is 0.0621 e. The average molecular weight is 189 g/mol. The van der Waals surface area contributed by atoms with Gasteiger partial charge in [0.2, 0.25) is 0 Å². The molecule has 14 heavy (non-hydrogen) atoms. The van der Waals surface area contributed by atoms with Gasteiger partial charge in [-0.1, -0.05) is 29.9 Å². The standard InChI is InChI=1S/C10H13N4/c1-3-10-11-13(2)14(12-10)9-7-5-4-6-8-9/h4-8H,3H2,1-2H3/q+1. The van der Waals surface area contributed by atoms with Gasteiger partial charge in [0.25, 0.3) is 0 Å². The van der Waals surface area contributed by atoms with Crippen molar-refractivity contribution < 1.29 is 4.80 Å². The number of hydrogen-bond acceptors (Lipinski definition) is 2. The zero-order chi connectivity index (χ0) is 9.97. The van der Waals surface area contributed by atoms with Crippen molar-refractivity contribution in [1.82, 2.24) is 15.0 Å². The van der Waals surface area contributed by atoms with Crippen LogP contribution < -0.4 is 4.80 Å². The highest BCUT2D eigenvalue weighted by Crippen LogP contribution is 2.01. The van der Waals surface area contributed by atoms with Crippen molar-refractivity contribution in [2.45, 2.75) is 13.3 Å². The van der Waals surface area contributed by atoms with E-state index in [1.165, 1.54) is 0 Å². The van der Waals surface area contributed by atoms with Crippen molar-refractivity contribution in [2.75, 3.05) is 0 Å². The number of rotatable bonds is 2. The van der Waals surface area contributed by atoms with Crippen LogP contribution in [0.4, 0.5) is 0 Å². The van der Waals surface area contributed by atoms with Crippen LogP contribution in [0, 0.1) is 0 Å². The zero-order valence-corrected chi connectivity index (χ0v) is 8.38. The minimum Gasteiger partial charge on any atom is -0.0621 e. The summed E-state index contributed by atoms with van der Waals surface area (Å²) < 4.78 is 0. The van der Waals surface area contributed by atoms with E-state index >= 15 is 0 Å². The Kier molecular flexibility index (Phi) is 2.26. The van der Waals surface area contributed by atoms with Crippen LogP contribution in [0.15, 0.2) is 30.3 Å². The molecule has 0 N–H and O–H groups in total. The molecule has 2 aromatic rings. The quantitative estimate of drug-likeness (QED) is 0.650. The molecule has 0 saturated heterocycles. The van der Waals surface area contributed by atoms with Crippen LogP contribution in [0.1, 0.15) is 12.7 Å². The van der Waals surface area contributed by atoms with E-state index in [0.29, 0.717) is 0 Å². The molecule has 0 radical (unpaired) electrons. The highest BCUT2D eigenvalue weighted by molar-refractivity contribution is 5.27. The molecular formula is C10H13N4+. The molecule has 0 atom stereocenters. The van der Waals surface area contributed by atoms with Gasteiger partial charge in [0.1, 0.15) is 12.7 Å². The van der Waals surface area contributed by atoms with Crippen molar-refractivity contribution in [3.8, 4) is 5.69 Å². The van der Waals surface area contributed by atoms with Gasteiger partial charge in [-0.25, -0.2) is 0 Å². The van der Waals surface area contributed by atoms with Crippen molar-refractivity contribution in [2.24, 2.45) is 7.05 Å². The first kappa shape index (κ1) is 8.87. The van der Waals surface area contributed by atoms with Crippen molar-refractivity contribution in [3.05, 3.63) is 36.2 Å². The fraction of sp³-hybridized carbons (Fsp3) is 0.300. The molecule has 4 heteroatoms. The summed E-state index contributed by atoms with van der Waals surface area (Å²) in [4.78, 5) is 3.53. The van der Waals surface area contributed by atoms with Gasteiger partial charge in [-0.15, -0.1) is 0 Å². The third-order valence-corrected chi connectivity index (χ3v) is 2.05. The Balaban J connectivity index is 2.46. The Hall–Kier alpha value is -1.71. The molecule has 72 valence electrons. The van der Waals surface area contributed by atoms with Gasteiger partial charge >= 0.3 is 5.82 Å². The second kappa shape index (κ2) is 3.57. The number of para-hydroxylation sites is 1. The van der Waals surface area contributed by atoms with E-state index in [1.807, 2.05) is 44.3 Å². The third-order valence-electron chi connectivity index (χ3n) is 2.05. The highest BCUT2D eigenvalue weighted by Gasteiger charge is 2.14. The minimum atomic E-state index is 0.855. The Morgan fingerprint density at radius 3 is 2.57 bits per heavy atom. The van der Waals surface area contributed by atoms with Crippen LogP contribution in [0.25, 0.3) is 5.69 Å². The topological polar surface area (TPSA) is 34.6 Å². The Morgan fingerprint density at radius 2 is 2.00 bits per heavy atom. The Morgan fingerprint density at radius 1 is 1.29 bits per heavy atom. The molecule has 1 aromatic heterocycles. The SMILES string of the molecule is CCc1nn(-c2ccccc2)[n+](C)n1. The van der Waals surface area contributed by atoms with E-state index in [9.17, 15) is 0 Å².